The molecule has 7 heteroatoms. The molecule has 0 N–H and O–H groups in total. The van der Waals surface area contributed by atoms with E-state index in [1.54, 1.807) is 36.1 Å². The van der Waals surface area contributed by atoms with Crippen LogP contribution in [0.3, 0.4) is 0 Å². The molecule has 4 nitrogen and oxygen atoms in total. The lowest BCUT2D eigenvalue weighted by molar-refractivity contribution is 0.0711. The number of aromatic nitrogens is 2. The molecular weight excluding hydrogens is 451 g/mol. The van der Waals surface area contributed by atoms with E-state index in [0.29, 0.717) is 5.56 Å². The normalized spacial score (nSPS) is 14.9. The van der Waals surface area contributed by atoms with E-state index in [1.165, 1.54) is 0 Å². The molecule has 0 spiro atoms. The summed E-state index contributed by atoms with van der Waals surface area (Å²) in [6.45, 7) is 10.2. The van der Waals surface area contributed by atoms with E-state index in [1.807, 2.05) is 31.2 Å². The highest BCUT2D eigenvalue weighted by molar-refractivity contribution is 5.96. The van der Waals surface area contributed by atoms with Gasteiger partial charge in [0.1, 0.15) is 11.3 Å². The quantitative estimate of drug-likeness (QED) is 0.364. The average Bonchev–Trinajstić information content (AvgIpc) is 3.58. The molecule has 4 rings (SSSR count). The molecule has 1 heterocycles. The number of benzene rings is 2. The van der Waals surface area contributed by atoms with E-state index in [9.17, 15) is 13.6 Å². The SMILES string of the molecule is Cc1ccc(C(C)(C)C)c(CN(C(=O)c2c(C(F)F)nn(C(C)c3ccccc3)c2F)C2CC2)c1. The molecule has 1 amide bonds. The fourth-order valence-electron chi connectivity index (χ4n) is 4.58. The molecule has 1 fully saturated rings. The summed E-state index contributed by atoms with van der Waals surface area (Å²) in [6, 6.07) is 14.3. The van der Waals surface area contributed by atoms with Crippen molar-refractivity contribution in [2.45, 2.75) is 77.9 Å². The van der Waals surface area contributed by atoms with Crippen LogP contribution in [0.4, 0.5) is 13.2 Å². The zero-order valence-electron chi connectivity index (χ0n) is 20.9. The first-order chi connectivity index (χ1) is 16.5. The summed E-state index contributed by atoms with van der Waals surface area (Å²) >= 11 is 0. The third-order valence-corrected chi connectivity index (χ3v) is 6.61. The summed E-state index contributed by atoms with van der Waals surface area (Å²) < 4.78 is 44.6. The van der Waals surface area contributed by atoms with Gasteiger partial charge in [-0.25, -0.2) is 13.5 Å². The Bertz CT molecular complexity index is 1210. The van der Waals surface area contributed by atoms with Crippen LogP contribution in [-0.2, 0) is 12.0 Å². The fourth-order valence-corrected chi connectivity index (χ4v) is 4.58. The Hall–Kier alpha value is -3.09. The maximum absolute atomic E-state index is 15.7. The van der Waals surface area contributed by atoms with Crippen LogP contribution >= 0.6 is 0 Å². The molecule has 186 valence electrons. The molecule has 1 aromatic heterocycles. The first-order valence-corrected chi connectivity index (χ1v) is 12.0. The smallest absolute Gasteiger partial charge is 0.283 e. The fraction of sp³-hybridized carbons (Fsp3) is 0.429. The van der Waals surface area contributed by atoms with E-state index in [-0.39, 0.29) is 18.0 Å². The Morgan fingerprint density at radius 2 is 1.80 bits per heavy atom. The Morgan fingerprint density at radius 1 is 1.14 bits per heavy atom. The van der Waals surface area contributed by atoms with Crippen molar-refractivity contribution in [1.82, 2.24) is 14.7 Å². The van der Waals surface area contributed by atoms with Gasteiger partial charge in [-0.05, 0) is 48.8 Å². The van der Waals surface area contributed by atoms with Gasteiger partial charge < -0.3 is 4.90 Å². The van der Waals surface area contributed by atoms with Gasteiger partial charge in [0.25, 0.3) is 12.3 Å². The number of aryl methyl sites for hydroxylation is 1. The minimum Gasteiger partial charge on any atom is -0.331 e. The van der Waals surface area contributed by atoms with Crippen molar-refractivity contribution >= 4 is 5.91 Å². The summed E-state index contributed by atoms with van der Waals surface area (Å²) in [6.07, 6.45) is -1.54. The van der Waals surface area contributed by atoms with E-state index in [0.717, 1.165) is 34.2 Å². The third-order valence-electron chi connectivity index (χ3n) is 6.61. The lowest BCUT2D eigenvalue weighted by atomic mass is 9.83. The van der Waals surface area contributed by atoms with Gasteiger partial charge in [0, 0.05) is 12.6 Å². The number of carbonyl (C=O) groups is 1. The van der Waals surface area contributed by atoms with Gasteiger partial charge >= 0.3 is 0 Å². The topological polar surface area (TPSA) is 38.1 Å². The van der Waals surface area contributed by atoms with Crippen LogP contribution in [0.2, 0.25) is 0 Å². The standard InChI is InChI=1S/C28H32F3N3O/c1-17-11-14-22(28(3,4)5)20(15-17)16-33(21-12-13-21)27(35)23-24(25(29)30)32-34(26(23)31)18(2)19-9-7-6-8-10-19/h6-11,14-15,18,21,25H,12-13,16H2,1-5H3. The number of amides is 1. The van der Waals surface area contributed by atoms with E-state index < -0.39 is 35.6 Å². The Kier molecular flexibility index (Phi) is 6.80. The van der Waals surface area contributed by atoms with Gasteiger partial charge in [-0.3, -0.25) is 4.79 Å². The second-order valence-electron chi connectivity index (χ2n) is 10.5. The summed E-state index contributed by atoms with van der Waals surface area (Å²) in [4.78, 5) is 15.2. The Morgan fingerprint density at radius 3 is 2.37 bits per heavy atom. The lowest BCUT2D eigenvalue weighted by Crippen LogP contribution is -2.34. The van der Waals surface area contributed by atoms with Crippen LogP contribution in [0.5, 0.6) is 0 Å². The summed E-state index contributed by atoms with van der Waals surface area (Å²) in [5.74, 6) is -1.75. The first kappa shape index (κ1) is 25.0. The molecule has 0 aliphatic heterocycles. The van der Waals surface area contributed by atoms with Gasteiger partial charge in [-0.2, -0.15) is 9.49 Å². The Labute approximate surface area is 204 Å². The van der Waals surface area contributed by atoms with Gasteiger partial charge in [-0.1, -0.05) is 74.9 Å². The molecule has 1 saturated carbocycles. The second kappa shape index (κ2) is 9.51. The highest BCUT2D eigenvalue weighted by Gasteiger charge is 2.39. The van der Waals surface area contributed by atoms with E-state index in [2.05, 4.69) is 25.9 Å². The molecule has 35 heavy (non-hydrogen) atoms. The van der Waals surface area contributed by atoms with Crippen molar-refractivity contribution in [3.8, 4) is 0 Å². The predicted octanol–water partition coefficient (Wildman–Crippen LogP) is 6.98. The van der Waals surface area contributed by atoms with E-state index in [4.69, 9.17) is 0 Å². The number of hydrogen-bond donors (Lipinski definition) is 0. The minimum atomic E-state index is -3.07. The molecule has 0 saturated heterocycles. The number of nitrogens with zero attached hydrogens (tertiary/aromatic N) is 3. The average molecular weight is 484 g/mol. The number of halogens is 3. The van der Waals surface area contributed by atoms with Crippen LogP contribution < -0.4 is 0 Å². The van der Waals surface area contributed by atoms with Crippen LogP contribution in [0.25, 0.3) is 0 Å². The molecule has 3 aromatic rings. The molecule has 1 aliphatic rings. The second-order valence-corrected chi connectivity index (χ2v) is 10.5. The van der Waals surface area contributed by atoms with Crippen molar-refractivity contribution in [2.24, 2.45) is 0 Å². The molecular formula is C28H32F3N3O. The maximum Gasteiger partial charge on any atom is 0.283 e. The third kappa shape index (κ3) is 5.14. The van der Waals surface area contributed by atoms with Gasteiger partial charge in [0.05, 0.1) is 6.04 Å². The molecule has 1 atom stereocenters. The Balaban J connectivity index is 1.75. The largest absolute Gasteiger partial charge is 0.331 e. The summed E-state index contributed by atoms with van der Waals surface area (Å²) in [5.41, 5.74) is 2.17. The van der Waals surface area contributed by atoms with Crippen molar-refractivity contribution in [3.63, 3.8) is 0 Å². The van der Waals surface area contributed by atoms with Crippen LogP contribution in [0.15, 0.2) is 48.5 Å². The van der Waals surface area contributed by atoms with Crippen LogP contribution in [-0.4, -0.2) is 26.6 Å². The minimum absolute atomic E-state index is 0.101. The van der Waals surface area contributed by atoms with E-state index >= 15 is 4.39 Å². The molecule has 1 aliphatic carbocycles. The number of alkyl halides is 2. The molecule has 1 unspecified atom stereocenters. The summed E-state index contributed by atoms with van der Waals surface area (Å²) in [5, 5.41) is 3.89. The zero-order chi connectivity index (χ0) is 25.5. The lowest BCUT2D eigenvalue weighted by Gasteiger charge is -2.28. The maximum atomic E-state index is 15.7. The van der Waals surface area contributed by atoms with Crippen molar-refractivity contribution in [1.29, 1.82) is 0 Å². The number of carbonyl (C=O) groups excluding carboxylic acids is 1. The predicted molar refractivity (Wildman–Crippen MR) is 130 cm³/mol. The first-order valence-electron chi connectivity index (χ1n) is 12.0. The van der Waals surface area contributed by atoms with Crippen molar-refractivity contribution < 1.29 is 18.0 Å². The van der Waals surface area contributed by atoms with Crippen molar-refractivity contribution in [3.05, 3.63) is 88.0 Å². The number of rotatable bonds is 7. The number of hydrogen-bond acceptors (Lipinski definition) is 2. The van der Waals surface area contributed by atoms with Crippen LogP contribution in [0, 0.1) is 12.9 Å². The highest BCUT2D eigenvalue weighted by Crippen LogP contribution is 2.36. The van der Waals surface area contributed by atoms with Crippen LogP contribution in [0.1, 0.15) is 91.3 Å². The molecule has 0 radical (unpaired) electrons. The van der Waals surface area contributed by atoms with Crippen molar-refractivity contribution in [2.75, 3.05) is 0 Å². The molecule has 0 bridgehead atoms. The van der Waals surface area contributed by atoms with Gasteiger partial charge in [0.15, 0.2) is 0 Å². The summed E-state index contributed by atoms with van der Waals surface area (Å²) in [7, 11) is 0. The highest BCUT2D eigenvalue weighted by atomic mass is 19.3. The van der Waals surface area contributed by atoms with Gasteiger partial charge in [-0.15, -0.1) is 0 Å². The molecule has 2 aromatic carbocycles. The zero-order valence-corrected chi connectivity index (χ0v) is 20.9. The monoisotopic (exact) mass is 483 g/mol. The van der Waals surface area contributed by atoms with Gasteiger partial charge in [0.2, 0.25) is 5.95 Å².